The molecule has 6 heteroatoms. The first-order chi connectivity index (χ1) is 9.58. The van der Waals surface area contributed by atoms with Gasteiger partial charge in [-0.05, 0) is 17.2 Å². The van der Waals surface area contributed by atoms with Crippen LogP contribution in [0.15, 0.2) is 41.2 Å². The summed E-state index contributed by atoms with van der Waals surface area (Å²) in [7, 11) is 0. The van der Waals surface area contributed by atoms with Crippen molar-refractivity contribution in [3.8, 4) is 0 Å². The van der Waals surface area contributed by atoms with Crippen molar-refractivity contribution in [2.45, 2.75) is 0 Å². The van der Waals surface area contributed by atoms with Crippen LogP contribution in [0.3, 0.4) is 0 Å². The van der Waals surface area contributed by atoms with E-state index >= 15 is 0 Å². The molecule has 0 bridgehead atoms. The molecule has 20 heavy (non-hydrogen) atoms. The van der Waals surface area contributed by atoms with Crippen LogP contribution in [0.1, 0.15) is 21.5 Å². The summed E-state index contributed by atoms with van der Waals surface area (Å²) < 4.78 is 0. The van der Waals surface area contributed by atoms with Crippen LogP contribution in [0.4, 0.5) is 4.79 Å². The number of hydrogen-bond donors (Lipinski definition) is 2. The van der Waals surface area contributed by atoms with E-state index in [4.69, 9.17) is 11.5 Å². The van der Waals surface area contributed by atoms with E-state index in [1.807, 2.05) is 6.07 Å². The molecular weight excluding hydrogens is 256 g/mol. The predicted molar refractivity (Wildman–Crippen MR) is 74.9 cm³/mol. The van der Waals surface area contributed by atoms with Crippen LogP contribution in [0.2, 0.25) is 0 Å². The standard InChI is InChI=1S/C14H12N4O2/c15-13(19)10-3-1-2-9-11(10)5-17-4-8-6-18(14(16)20)7-12(8)9/h1-5,7H,6H2,(H2,15,19)(H2,16,20). The van der Waals surface area contributed by atoms with Crippen LogP contribution < -0.4 is 11.5 Å². The summed E-state index contributed by atoms with van der Waals surface area (Å²) in [6, 6.07) is 4.75. The maximum atomic E-state index is 11.5. The van der Waals surface area contributed by atoms with E-state index < -0.39 is 11.9 Å². The smallest absolute Gasteiger partial charge is 0.319 e. The Hall–Kier alpha value is -2.89. The maximum absolute atomic E-state index is 11.5. The van der Waals surface area contributed by atoms with Crippen LogP contribution >= 0.6 is 0 Å². The zero-order chi connectivity index (χ0) is 14.3. The number of primary amides is 2. The van der Waals surface area contributed by atoms with Gasteiger partial charge in [0.25, 0.3) is 0 Å². The molecule has 6 nitrogen and oxygen atoms in total. The monoisotopic (exact) mass is 268 g/mol. The van der Waals surface area contributed by atoms with Crippen molar-refractivity contribution in [2.24, 2.45) is 16.5 Å². The Kier molecular flexibility index (Phi) is 2.64. The van der Waals surface area contributed by atoms with Crippen LogP contribution in [-0.4, -0.2) is 29.6 Å². The Morgan fingerprint density at radius 2 is 2.05 bits per heavy atom. The van der Waals surface area contributed by atoms with Gasteiger partial charge in [-0.25, -0.2) is 4.79 Å². The first-order valence-electron chi connectivity index (χ1n) is 6.01. The normalized spacial score (nSPS) is 15.9. The van der Waals surface area contributed by atoms with Crippen LogP contribution in [0.5, 0.6) is 0 Å². The van der Waals surface area contributed by atoms with Crippen molar-refractivity contribution >= 4 is 23.7 Å². The van der Waals surface area contributed by atoms with Crippen molar-refractivity contribution in [1.82, 2.24) is 4.90 Å². The number of nitrogens with two attached hydrogens (primary N) is 2. The molecule has 0 fully saturated rings. The summed E-state index contributed by atoms with van der Waals surface area (Å²) in [6.07, 6.45) is 4.95. The van der Waals surface area contributed by atoms with Gasteiger partial charge in [0.15, 0.2) is 0 Å². The Morgan fingerprint density at radius 1 is 1.25 bits per heavy atom. The second-order valence-corrected chi connectivity index (χ2v) is 4.57. The fourth-order valence-electron chi connectivity index (χ4n) is 2.40. The van der Waals surface area contributed by atoms with E-state index in [-0.39, 0.29) is 0 Å². The lowest BCUT2D eigenvalue weighted by Crippen LogP contribution is -2.29. The second kappa shape index (κ2) is 4.34. The van der Waals surface area contributed by atoms with E-state index in [9.17, 15) is 9.59 Å². The average Bonchev–Trinajstić information content (AvgIpc) is 2.75. The molecule has 2 heterocycles. The Morgan fingerprint density at radius 3 is 2.75 bits per heavy atom. The molecule has 1 aromatic carbocycles. The number of aliphatic imine (C=N–C) groups is 1. The quantitative estimate of drug-likeness (QED) is 0.788. The molecule has 0 radical (unpaired) electrons. The summed E-state index contributed by atoms with van der Waals surface area (Å²) in [4.78, 5) is 28.4. The van der Waals surface area contributed by atoms with Gasteiger partial charge >= 0.3 is 6.03 Å². The molecule has 0 saturated heterocycles. The number of amides is 3. The number of carbonyl (C=O) groups is 2. The lowest BCUT2D eigenvalue weighted by molar-refractivity contribution is 0.1000. The minimum atomic E-state index is -0.525. The summed E-state index contributed by atoms with van der Waals surface area (Å²) in [5.41, 5.74) is 14.3. The number of carbonyl (C=O) groups excluding carboxylic acids is 2. The SMILES string of the molecule is NC(=O)c1cccc2c1C=NC=C1CN(C(N)=O)C=C12. The topological polar surface area (TPSA) is 102 Å². The fourth-order valence-corrected chi connectivity index (χ4v) is 2.40. The van der Waals surface area contributed by atoms with E-state index in [2.05, 4.69) is 4.99 Å². The molecule has 0 aromatic heterocycles. The average molecular weight is 268 g/mol. The van der Waals surface area contributed by atoms with Crippen molar-refractivity contribution in [3.05, 3.63) is 52.9 Å². The summed E-state index contributed by atoms with van der Waals surface area (Å²) >= 11 is 0. The van der Waals surface area contributed by atoms with Crippen molar-refractivity contribution in [2.75, 3.05) is 6.54 Å². The lowest BCUT2D eigenvalue weighted by Gasteiger charge is -2.08. The predicted octanol–water partition coefficient (Wildman–Crippen LogP) is 0.837. The number of nitrogens with zero attached hydrogens (tertiary/aromatic N) is 2. The molecule has 100 valence electrons. The van der Waals surface area contributed by atoms with Crippen LogP contribution in [0.25, 0.3) is 5.57 Å². The number of rotatable bonds is 1. The van der Waals surface area contributed by atoms with E-state index in [1.165, 1.54) is 4.90 Å². The lowest BCUT2D eigenvalue weighted by atomic mass is 9.94. The van der Waals surface area contributed by atoms with Crippen molar-refractivity contribution in [3.63, 3.8) is 0 Å². The molecular formula is C14H12N4O2. The zero-order valence-electron chi connectivity index (χ0n) is 10.5. The maximum Gasteiger partial charge on any atom is 0.319 e. The highest BCUT2D eigenvalue weighted by atomic mass is 16.2. The van der Waals surface area contributed by atoms with E-state index in [0.717, 1.165) is 16.7 Å². The van der Waals surface area contributed by atoms with E-state index in [1.54, 1.807) is 30.7 Å². The molecule has 0 unspecified atom stereocenters. The minimum Gasteiger partial charge on any atom is -0.366 e. The number of urea groups is 1. The van der Waals surface area contributed by atoms with Gasteiger partial charge in [-0.1, -0.05) is 12.1 Å². The molecule has 0 saturated carbocycles. The highest BCUT2D eigenvalue weighted by Crippen LogP contribution is 2.34. The zero-order valence-corrected chi connectivity index (χ0v) is 10.5. The molecule has 3 amide bonds. The summed E-state index contributed by atoms with van der Waals surface area (Å²) in [5, 5.41) is 0. The third kappa shape index (κ3) is 1.78. The summed E-state index contributed by atoms with van der Waals surface area (Å²) in [5.74, 6) is -0.512. The van der Waals surface area contributed by atoms with Crippen LogP contribution in [-0.2, 0) is 0 Å². The minimum absolute atomic E-state index is 0.377. The highest BCUT2D eigenvalue weighted by molar-refractivity contribution is 6.06. The Balaban J connectivity index is 2.20. The first kappa shape index (κ1) is 12.2. The summed E-state index contributed by atoms with van der Waals surface area (Å²) in [6.45, 7) is 0.377. The Bertz CT molecular complexity index is 716. The molecule has 2 aliphatic rings. The molecule has 3 rings (SSSR count). The number of benzene rings is 1. The third-order valence-corrected chi connectivity index (χ3v) is 3.35. The fraction of sp³-hybridized carbons (Fsp3) is 0.0714. The van der Waals surface area contributed by atoms with E-state index in [0.29, 0.717) is 17.7 Å². The van der Waals surface area contributed by atoms with Crippen molar-refractivity contribution < 1.29 is 9.59 Å². The highest BCUT2D eigenvalue weighted by Gasteiger charge is 2.26. The largest absolute Gasteiger partial charge is 0.366 e. The third-order valence-electron chi connectivity index (χ3n) is 3.35. The van der Waals surface area contributed by atoms with Gasteiger partial charge in [-0.3, -0.25) is 14.7 Å². The Labute approximate surface area is 115 Å². The van der Waals surface area contributed by atoms with Gasteiger partial charge in [-0.2, -0.15) is 0 Å². The molecule has 1 aromatic rings. The molecule has 0 spiro atoms. The van der Waals surface area contributed by atoms with Gasteiger partial charge in [0, 0.05) is 35.3 Å². The molecule has 0 atom stereocenters. The van der Waals surface area contributed by atoms with Gasteiger partial charge in [0.05, 0.1) is 6.54 Å². The van der Waals surface area contributed by atoms with Gasteiger partial charge in [-0.15, -0.1) is 0 Å². The van der Waals surface area contributed by atoms with Crippen LogP contribution in [0, 0.1) is 0 Å². The number of hydrogen-bond acceptors (Lipinski definition) is 3. The second-order valence-electron chi connectivity index (χ2n) is 4.57. The first-order valence-corrected chi connectivity index (χ1v) is 6.01. The van der Waals surface area contributed by atoms with Gasteiger partial charge in [0.1, 0.15) is 0 Å². The van der Waals surface area contributed by atoms with Crippen molar-refractivity contribution in [1.29, 1.82) is 0 Å². The molecule has 2 aliphatic heterocycles. The molecule has 0 aliphatic carbocycles. The molecule has 4 N–H and O–H groups in total. The van der Waals surface area contributed by atoms with Gasteiger partial charge < -0.3 is 11.5 Å². The number of fused-ring (bicyclic) bond motifs is 3. The van der Waals surface area contributed by atoms with Gasteiger partial charge in [0.2, 0.25) is 5.91 Å².